The largest absolute Gasteiger partial charge is 0.279 e. The van der Waals surface area contributed by atoms with Crippen molar-refractivity contribution in [2.45, 2.75) is 9.24 Å². The van der Waals surface area contributed by atoms with Crippen molar-refractivity contribution in [3.05, 3.63) is 53.9 Å². The number of hydrogen-bond acceptors (Lipinski definition) is 7. The van der Waals surface area contributed by atoms with Crippen molar-refractivity contribution in [3.63, 3.8) is 0 Å². The molecule has 0 amide bonds. The second-order valence-corrected chi connectivity index (χ2v) is 9.97. The molecule has 0 saturated carbocycles. The lowest BCUT2D eigenvalue weighted by molar-refractivity contribution is 0.595. The summed E-state index contributed by atoms with van der Waals surface area (Å²) in [5.41, 5.74) is 1.42. The van der Waals surface area contributed by atoms with E-state index in [1.165, 1.54) is 18.2 Å². The Bertz CT molecular complexity index is 1090. The lowest BCUT2D eigenvalue weighted by Crippen LogP contribution is -2.11. The molecule has 0 fully saturated rings. The van der Waals surface area contributed by atoms with Gasteiger partial charge in [0.2, 0.25) is 0 Å². The van der Waals surface area contributed by atoms with Crippen LogP contribution in [0.5, 0.6) is 0 Å². The van der Waals surface area contributed by atoms with Crippen LogP contribution >= 0.6 is 11.3 Å². The summed E-state index contributed by atoms with van der Waals surface area (Å²) in [6, 6.07) is 12.7. The molecule has 1 aromatic carbocycles. The molecule has 0 aliphatic rings. The standard InChI is InChI=1S/C15H13N3O4S3/c1-24(19,20)14-8-7-13(16-17-14)11-4-2-5-12(10-11)18-25(21,22)15-6-3-9-23-15/h2-10,18H,1H3. The first kappa shape index (κ1) is 17.5. The van der Waals surface area contributed by atoms with E-state index in [0.29, 0.717) is 16.9 Å². The minimum absolute atomic E-state index is 0.120. The van der Waals surface area contributed by atoms with E-state index in [2.05, 4.69) is 14.9 Å². The van der Waals surface area contributed by atoms with Gasteiger partial charge in [0.1, 0.15) is 4.21 Å². The van der Waals surface area contributed by atoms with Crippen molar-refractivity contribution in [1.82, 2.24) is 10.2 Å². The Morgan fingerprint density at radius 2 is 1.76 bits per heavy atom. The number of sulfone groups is 1. The van der Waals surface area contributed by atoms with Crippen LogP contribution in [0.1, 0.15) is 0 Å². The van der Waals surface area contributed by atoms with Crippen molar-refractivity contribution in [1.29, 1.82) is 0 Å². The van der Waals surface area contributed by atoms with Gasteiger partial charge in [-0.1, -0.05) is 18.2 Å². The lowest BCUT2D eigenvalue weighted by Gasteiger charge is -2.08. The van der Waals surface area contributed by atoms with E-state index in [1.54, 1.807) is 35.7 Å². The van der Waals surface area contributed by atoms with E-state index >= 15 is 0 Å². The molecule has 7 nitrogen and oxygen atoms in total. The molecule has 0 aliphatic carbocycles. The van der Waals surface area contributed by atoms with Gasteiger partial charge in [-0.25, -0.2) is 16.8 Å². The number of anilines is 1. The first-order valence-electron chi connectivity index (χ1n) is 6.96. The SMILES string of the molecule is CS(=O)(=O)c1ccc(-c2cccc(NS(=O)(=O)c3cccs3)c2)nn1. The summed E-state index contributed by atoms with van der Waals surface area (Å²) in [6.45, 7) is 0. The van der Waals surface area contributed by atoms with Crippen molar-refractivity contribution in [3.8, 4) is 11.3 Å². The van der Waals surface area contributed by atoms with Crippen LogP contribution < -0.4 is 4.72 Å². The molecule has 0 aliphatic heterocycles. The maximum absolute atomic E-state index is 12.3. The molecule has 0 saturated heterocycles. The van der Waals surface area contributed by atoms with Gasteiger partial charge in [0, 0.05) is 17.5 Å². The maximum atomic E-state index is 12.3. The number of benzene rings is 1. The Labute approximate surface area is 149 Å². The van der Waals surface area contributed by atoms with E-state index in [1.807, 2.05) is 0 Å². The van der Waals surface area contributed by atoms with Gasteiger partial charge >= 0.3 is 0 Å². The number of hydrogen-bond donors (Lipinski definition) is 1. The van der Waals surface area contributed by atoms with Crippen LogP contribution in [0.2, 0.25) is 0 Å². The average molecular weight is 395 g/mol. The highest BCUT2D eigenvalue weighted by molar-refractivity contribution is 7.94. The molecule has 0 atom stereocenters. The van der Waals surface area contributed by atoms with E-state index in [4.69, 9.17) is 0 Å². The van der Waals surface area contributed by atoms with Gasteiger partial charge in [-0.05, 0) is 35.7 Å². The fourth-order valence-electron chi connectivity index (χ4n) is 2.04. The minimum atomic E-state index is -3.64. The lowest BCUT2D eigenvalue weighted by atomic mass is 10.1. The first-order valence-corrected chi connectivity index (χ1v) is 11.2. The number of thiophene rings is 1. The third kappa shape index (κ3) is 4.03. The Morgan fingerprint density at radius 3 is 2.36 bits per heavy atom. The smallest absolute Gasteiger partial charge is 0.271 e. The summed E-state index contributed by atoms with van der Waals surface area (Å²) >= 11 is 1.12. The zero-order chi connectivity index (χ0) is 18.1. The summed E-state index contributed by atoms with van der Waals surface area (Å²) in [5.74, 6) is 0. The van der Waals surface area contributed by atoms with Crippen LogP contribution in [0.25, 0.3) is 11.3 Å². The van der Waals surface area contributed by atoms with Gasteiger partial charge in [-0.2, -0.15) is 0 Å². The summed E-state index contributed by atoms with van der Waals surface area (Å²) in [4.78, 5) is 0. The molecule has 25 heavy (non-hydrogen) atoms. The molecule has 0 spiro atoms. The van der Waals surface area contributed by atoms with E-state index in [9.17, 15) is 16.8 Å². The fraction of sp³-hybridized carbons (Fsp3) is 0.0667. The van der Waals surface area contributed by atoms with Crippen LogP contribution in [-0.2, 0) is 19.9 Å². The van der Waals surface area contributed by atoms with Crippen molar-refractivity contribution in [2.75, 3.05) is 11.0 Å². The number of rotatable bonds is 5. The van der Waals surface area contributed by atoms with Gasteiger partial charge < -0.3 is 0 Å². The Kier molecular flexibility index (Phi) is 4.58. The second-order valence-electron chi connectivity index (χ2n) is 5.15. The second kappa shape index (κ2) is 6.54. The zero-order valence-electron chi connectivity index (χ0n) is 12.9. The molecule has 130 valence electrons. The molecule has 1 N–H and O–H groups in total. The molecule has 10 heteroatoms. The summed E-state index contributed by atoms with van der Waals surface area (Å²) < 4.78 is 50.1. The van der Waals surface area contributed by atoms with Gasteiger partial charge in [0.25, 0.3) is 10.0 Å². The predicted octanol–water partition coefficient (Wildman–Crippen LogP) is 2.41. The highest BCUT2D eigenvalue weighted by Gasteiger charge is 2.16. The maximum Gasteiger partial charge on any atom is 0.271 e. The summed E-state index contributed by atoms with van der Waals surface area (Å²) in [7, 11) is -7.07. The third-order valence-corrected chi connectivity index (χ3v) is 6.95. The number of nitrogens with zero attached hydrogens (tertiary/aromatic N) is 2. The monoisotopic (exact) mass is 395 g/mol. The zero-order valence-corrected chi connectivity index (χ0v) is 15.4. The van der Waals surface area contributed by atoms with Crippen LogP contribution in [0.4, 0.5) is 5.69 Å². The van der Waals surface area contributed by atoms with Gasteiger partial charge in [0.15, 0.2) is 14.9 Å². The van der Waals surface area contributed by atoms with Crippen LogP contribution in [-0.4, -0.2) is 33.3 Å². The van der Waals surface area contributed by atoms with Gasteiger partial charge in [-0.3, -0.25) is 4.72 Å². The average Bonchev–Trinajstić information content (AvgIpc) is 3.09. The molecule has 3 aromatic rings. The Hall–Kier alpha value is -2.30. The van der Waals surface area contributed by atoms with E-state index in [-0.39, 0.29) is 9.24 Å². The third-order valence-electron chi connectivity index (χ3n) is 3.19. The highest BCUT2D eigenvalue weighted by Crippen LogP contribution is 2.24. The van der Waals surface area contributed by atoms with Crippen LogP contribution in [0.15, 0.2) is 63.1 Å². The van der Waals surface area contributed by atoms with Crippen molar-refractivity contribution < 1.29 is 16.8 Å². The summed E-state index contributed by atoms with van der Waals surface area (Å²) in [5, 5.41) is 9.16. The Balaban J connectivity index is 1.89. The topological polar surface area (TPSA) is 106 Å². The van der Waals surface area contributed by atoms with E-state index < -0.39 is 19.9 Å². The molecule has 0 bridgehead atoms. The van der Waals surface area contributed by atoms with Crippen molar-refractivity contribution in [2.24, 2.45) is 0 Å². The number of sulfonamides is 1. The van der Waals surface area contributed by atoms with Crippen molar-refractivity contribution >= 4 is 36.9 Å². The first-order chi connectivity index (χ1) is 11.8. The molecule has 2 aromatic heterocycles. The van der Waals surface area contributed by atoms with Gasteiger partial charge in [-0.15, -0.1) is 21.5 Å². The Morgan fingerprint density at radius 1 is 0.960 bits per heavy atom. The highest BCUT2D eigenvalue weighted by atomic mass is 32.2. The number of aromatic nitrogens is 2. The molecular formula is C15H13N3O4S3. The van der Waals surface area contributed by atoms with Crippen LogP contribution in [0, 0.1) is 0 Å². The summed E-state index contributed by atoms with van der Waals surface area (Å²) in [6.07, 6.45) is 1.05. The van der Waals surface area contributed by atoms with Gasteiger partial charge in [0.05, 0.1) is 5.69 Å². The fourth-order valence-corrected chi connectivity index (χ4v) is 4.58. The molecule has 3 rings (SSSR count). The molecular weight excluding hydrogens is 382 g/mol. The quantitative estimate of drug-likeness (QED) is 0.711. The molecule has 0 radical (unpaired) electrons. The number of nitrogens with one attached hydrogen (secondary N) is 1. The normalized spacial score (nSPS) is 12.0. The van der Waals surface area contributed by atoms with Crippen LogP contribution in [0.3, 0.4) is 0 Å². The minimum Gasteiger partial charge on any atom is -0.279 e. The van der Waals surface area contributed by atoms with E-state index in [0.717, 1.165) is 17.6 Å². The molecule has 0 unspecified atom stereocenters. The molecule has 2 heterocycles. The predicted molar refractivity (Wildman–Crippen MR) is 95.7 cm³/mol.